The van der Waals surface area contributed by atoms with Gasteiger partial charge >= 0.3 is 11.9 Å². The maximum atomic E-state index is 13.6. The number of carbonyl (C=O) groups excluding carboxylic acids is 1. The summed E-state index contributed by atoms with van der Waals surface area (Å²) in [7, 11) is 0. The molecule has 0 aromatic heterocycles. The van der Waals surface area contributed by atoms with Crippen molar-refractivity contribution in [2.24, 2.45) is 0 Å². The van der Waals surface area contributed by atoms with Crippen LogP contribution < -0.4 is 0 Å². The Hall–Kier alpha value is -2.03. The van der Waals surface area contributed by atoms with E-state index < -0.39 is 28.8 Å². The number of nitriles is 1. The second kappa shape index (κ2) is 4.87. The van der Waals surface area contributed by atoms with E-state index in [-0.39, 0.29) is 6.61 Å². The van der Waals surface area contributed by atoms with Gasteiger partial charge in [0.2, 0.25) is 0 Å². The van der Waals surface area contributed by atoms with Crippen molar-refractivity contribution in [3.63, 3.8) is 0 Å². The van der Waals surface area contributed by atoms with E-state index in [1.807, 2.05) is 0 Å². The molecule has 6 heteroatoms. The Kier molecular flexibility index (Phi) is 3.73. The SMILES string of the molecule is CCOC(=O)C(F)(F)c1cc(F)ccc1C#N. The van der Waals surface area contributed by atoms with Crippen LogP contribution in [0.1, 0.15) is 18.1 Å². The third kappa shape index (κ3) is 2.56. The fourth-order valence-electron chi connectivity index (χ4n) is 1.21. The Labute approximate surface area is 95.4 Å². The minimum absolute atomic E-state index is 0.231. The molecule has 0 bridgehead atoms. The maximum Gasteiger partial charge on any atom is 0.382 e. The third-order valence-corrected chi connectivity index (χ3v) is 1.97. The highest BCUT2D eigenvalue weighted by Crippen LogP contribution is 2.32. The topological polar surface area (TPSA) is 50.1 Å². The maximum absolute atomic E-state index is 13.6. The Morgan fingerprint density at radius 3 is 2.71 bits per heavy atom. The molecule has 3 nitrogen and oxygen atoms in total. The zero-order valence-corrected chi connectivity index (χ0v) is 8.84. The minimum Gasteiger partial charge on any atom is -0.461 e. The molecule has 0 amide bonds. The van der Waals surface area contributed by atoms with Crippen molar-refractivity contribution in [2.75, 3.05) is 6.61 Å². The van der Waals surface area contributed by atoms with Crippen LogP contribution in [0.2, 0.25) is 0 Å². The molecule has 0 radical (unpaired) electrons. The largest absolute Gasteiger partial charge is 0.461 e. The van der Waals surface area contributed by atoms with Gasteiger partial charge in [0.05, 0.1) is 23.8 Å². The van der Waals surface area contributed by atoms with Crippen molar-refractivity contribution in [3.05, 3.63) is 35.1 Å². The van der Waals surface area contributed by atoms with Crippen molar-refractivity contribution in [1.29, 1.82) is 5.26 Å². The lowest BCUT2D eigenvalue weighted by Gasteiger charge is -2.15. The number of benzene rings is 1. The van der Waals surface area contributed by atoms with E-state index in [0.717, 1.165) is 12.1 Å². The quantitative estimate of drug-likeness (QED) is 0.765. The van der Waals surface area contributed by atoms with Crippen LogP contribution >= 0.6 is 0 Å². The average Bonchev–Trinajstić information content (AvgIpc) is 2.29. The van der Waals surface area contributed by atoms with Crippen molar-refractivity contribution in [3.8, 4) is 6.07 Å². The van der Waals surface area contributed by atoms with E-state index in [9.17, 15) is 18.0 Å². The van der Waals surface area contributed by atoms with E-state index in [1.54, 1.807) is 0 Å². The first-order chi connectivity index (χ1) is 7.93. The molecule has 0 heterocycles. The molecule has 0 N–H and O–H groups in total. The highest BCUT2D eigenvalue weighted by atomic mass is 19.3. The van der Waals surface area contributed by atoms with Crippen LogP contribution in [-0.2, 0) is 15.5 Å². The van der Waals surface area contributed by atoms with Crippen LogP contribution in [-0.4, -0.2) is 12.6 Å². The summed E-state index contributed by atoms with van der Waals surface area (Å²) in [6.45, 7) is 1.14. The van der Waals surface area contributed by atoms with Crippen LogP contribution in [0.15, 0.2) is 18.2 Å². The molecular weight excluding hydrogens is 235 g/mol. The van der Waals surface area contributed by atoms with Crippen molar-refractivity contribution in [1.82, 2.24) is 0 Å². The summed E-state index contributed by atoms with van der Waals surface area (Å²) in [6.07, 6.45) is 0. The second-order valence-corrected chi connectivity index (χ2v) is 3.10. The van der Waals surface area contributed by atoms with Crippen LogP contribution in [0.3, 0.4) is 0 Å². The zero-order valence-electron chi connectivity index (χ0n) is 8.84. The predicted octanol–water partition coefficient (Wildman–Crippen LogP) is 2.35. The van der Waals surface area contributed by atoms with E-state index in [2.05, 4.69) is 4.74 Å². The molecule has 0 saturated carbocycles. The van der Waals surface area contributed by atoms with Gasteiger partial charge in [0.15, 0.2) is 0 Å². The summed E-state index contributed by atoms with van der Waals surface area (Å²) in [4.78, 5) is 11.0. The fraction of sp³-hybridized carbons (Fsp3) is 0.273. The molecule has 1 aromatic rings. The highest BCUT2D eigenvalue weighted by Gasteiger charge is 2.44. The first-order valence-electron chi connectivity index (χ1n) is 4.68. The Balaban J connectivity index is 3.27. The summed E-state index contributed by atoms with van der Waals surface area (Å²) in [5.41, 5.74) is -1.46. The van der Waals surface area contributed by atoms with Crippen molar-refractivity contribution in [2.45, 2.75) is 12.8 Å². The number of carbonyl (C=O) groups is 1. The smallest absolute Gasteiger partial charge is 0.382 e. The number of esters is 1. The summed E-state index contributed by atoms with van der Waals surface area (Å²) in [5.74, 6) is -6.80. The molecule has 0 aliphatic rings. The molecule has 0 aliphatic heterocycles. The summed E-state index contributed by atoms with van der Waals surface area (Å²) in [5, 5.41) is 8.63. The van der Waals surface area contributed by atoms with E-state index in [0.29, 0.717) is 6.07 Å². The predicted molar refractivity (Wildman–Crippen MR) is 51.6 cm³/mol. The molecule has 1 aromatic carbocycles. The Morgan fingerprint density at radius 2 is 2.18 bits per heavy atom. The molecule has 0 saturated heterocycles. The van der Waals surface area contributed by atoms with E-state index in [1.165, 1.54) is 13.0 Å². The van der Waals surface area contributed by atoms with Crippen molar-refractivity contribution < 1.29 is 22.7 Å². The molecule has 1 rings (SSSR count). The van der Waals surface area contributed by atoms with Crippen LogP contribution in [0.25, 0.3) is 0 Å². The van der Waals surface area contributed by atoms with Gasteiger partial charge in [0.1, 0.15) is 5.82 Å². The Bertz CT molecular complexity index is 480. The summed E-state index contributed by atoms with van der Waals surface area (Å²) in [6, 6.07) is 3.68. The molecule has 0 fully saturated rings. The lowest BCUT2D eigenvalue weighted by Crippen LogP contribution is -2.29. The lowest BCUT2D eigenvalue weighted by molar-refractivity contribution is -0.173. The summed E-state index contributed by atoms with van der Waals surface area (Å²) < 4.78 is 44.2. The number of nitrogens with zero attached hydrogens (tertiary/aromatic N) is 1. The lowest BCUT2D eigenvalue weighted by atomic mass is 10.0. The number of hydrogen-bond donors (Lipinski definition) is 0. The number of rotatable bonds is 3. The van der Waals surface area contributed by atoms with E-state index in [4.69, 9.17) is 5.26 Å². The number of halogens is 3. The molecule has 17 heavy (non-hydrogen) atoms. The first-order valence-corrected chi connectivity index (χ1v) is 4.68. The normalized spacial score (nSPS) is 10.8. The average molecular weight is 243 g/mol. The fourth-order valence-corrected chi connectivity index (χ4v) is 1.21. The second-order valence-electron chi connectivity index (χ2n) is 3.10. The number of alkyl halides is 2. The van der Waals surface area contributed by atoms with Gasteiger partial charge in [0, 0.05) is 0 Å². The first kappa shape index (κ1) is 13.0. The molecule has 0 unspecified atom stereocenters. The Morgan fingerprint density at radius 1 is 1.53 bits per heavy atom. The van der Waals surface area contributed by atoms with Gasteiger partial charge < -0.3 is 4.74 Å². The number of ether oxygens (including phenoxy) is 1. The van der Waals surface area contributed by atoms with Crippen LogP contribution in [0, 0.1) is 17.1 Å². The molecular formula is C11H8F3NO2. The van der Waals surface area contributed by atoms with Gasteiger partial charge in [-0.3, -0.25) is 0 Å². The van der Waals surface area contributed by atoms with Gasteiger partial charge in [-0.25, -0.2) is 9.18 Å². The van der Waals surface area contributed by atoms with Gasteiger partial charge in [-0.05, 0) is 25.1 Å². The standard InChI is InChI=1S/C11H8F3NO2/c1-2-17-10(16)11(13,14)9-5-8(12)4-3-7(9)6-15/h3-5H,2H2,1H3. The van der Waals surface area contributed by atoms with Crippen molar-refractivity contribution >= 4 is 5.97 Å². The van der Waals surface area contributed by atoms with Crippen LogP contribution in [0.5, 0.6) is 0 Å². The number of hydrogen-bond acceptors (Lipinski definition) is 3. The minimum atomic E-state index is -4.04. The molecule has 0 spiro atoms. The summed E-state index contributed by atoms with van der Waals surface area (Å²) >= 11 is 0. The van der Waals surface area contributed by atoms with Crippen LogP contribution in [0.4, 0.5) is 13.2 Å². The monoisotopic (exact) mass is 243 g/mol. The highest BCUT2D eigenvalue weighted by molar-refractivity contribution is 5.80. The van der Waals surface area contributed by atoms with E-state index >= 15 is 0 Å². The molecule has 0 aliphatic carbocycles. The molecule has 90 valence electrons. The van der Waals surface area contributed by atoms with Gasteiger partial charge in [-0.15, -0.1) is 0 Å². The zero-order chi connectivity index (χ0) is 13.1. The van der Waals surface area contributed by atoms with Gasteiger partial charge in [0.25, 0.3) is 0 Å². The van der Waals surface area contributed by atoms with Gasteiger partial charge in [-0.1, -0.05) is 0 Å². The molecule has 0 atom stereocenters. The van der Waals surface area contributed by atoms with Gasteiger partial charge in [-0.2, -0.15) is 14.0 Å². The third-order valence-electron chi connectivity index (χ3n) is 1.97.